The fraction of sp³-hybridized carbons (Fsp3) is 0.786. The third kappa shape index (κ3) is 3.35. The molecular formula is C14H24BrN3. The number of aryl methyl sites for hydroxylation is 2. The van der Waals surface area contributed by atoms with Gasteiger partial charge in [0.15, 0.2) is 0 Å². The van der Waals surface area contributed by atoms with Crippen LogP contribution in [-0.4, -0.2) is 32.6 Å². The van der Waals surface area contributed by atoms with E-state index < -0.39 is 0 Å². The Kier molecular flexibility index (Phi) is 5.25. The van der Waals surface area contributed by atoms with Gasteiger partial charge in [-0.3, -0.25) is 9.58 Å². The molecule has 102 valence electrons. The van der Waals surface area contributed by atoms with Crippen LogP contribution < -0.4 is 0 Å². The Morgan fingerprint density at radius 2 is 2.17 bits per heavy atom. The maximum absolute atomic E-state index is 4.55. The van der Waals surface area contributed by atoms with Gasteiger partial charge >= 0.3 is 0 Å². The van der Waals surface area contributed by atoms with Gasteiger partial charge in [-0.2, -0.15) is 5.10 Å². The van der Waals surface area contributed by atoms with Gasteiger partial charge in [-0.25, -0.2) is 0 Å². The summed E-state index contributed by atoms with van der Waals surface area (Å²) < 4.78 is 2.14. The third-order valence-electron chi connectivity index (χ3n) is 3.86. The number of hydrogen-bond donors (Lipinski definition) is 0. The predicted octanol–water partition coefficient (Wildman–Crippen LogP) is 3.35. The van der Waals surface area contributed by atoms with Crippen molar-refractivity contribution in [1.82, 2.24) is 14.7 Å². The van der Waals surface area contributed by atoms with E-state index in [1.807, 2.05) is 0 Å². The fourth-order valence-electron chi connectivity index (χ4n) is 2.98. The summed E-state index contributed by atoms with van der Waals surface area (Å²) in [6.45, 7) is 7.40. The molecule has 2 rings (SSSR count). The molecule has 0 saturated heterocycles. The van der Waals surface area contributed by atoms with E-state index in [1.165, 1.54) is 31.4 Å². The summed E-state index contributed by atoms with van der Waals surface area (Å²) in [4.78, 5) is 2.63. The van der Waals surface area contributed by atoms with Crippen molar-refractivity contribution in [3.63, 3.8) is 0 Å². The molecule has 0 spiro atoms. The Balaban J connectivity index is 2.06. The number of aromatic nitrogens is 2. The van der Waals surface area contributed by atoms with Crippen LogP contribution >= 0.6 is 15.9 Å². The van der Waals surface area contributed by atoms with E-state index in [9.17, 15) is 0 Å². The first-order chi connectivity index (χ1) is 8.74. The molecule has 0 amide bonds. The lowest BCUT2D eigenvalue weighted by atomic mass is 10.2. The molecule has 0 aliphatic heterocycles. The average Bonchev–Trinajstić information content (AvgIpc) is 2.97. The molecule has 1 heterocycles. The molecule has 0 N–H and O–H groups in total. The van der Waals surface area contributed by atoms with Gasteiger partial charge in [0, 0.05) is 31.0 Å². The third-order valence-corrected chi connectivity index (χ3v) is 4.22. The highest BCUT2D eigenvalue weighted by molar-refractivity contribution is 9.09. The van der Waals surface area contributed by atoms with E-state index in [-0.39, 0.29) is 0 Å². The van der Waals surface area contributed by atoms with Gasteiger partial charge in [-0.15, -0.1) is 0 Å². The molecule has 18 heavy (non-hydrogen) atoms. The topological polar surface area (TPSA) is 21.1 Å². The molecule has 3 nitrogen and oxygen atoms in total. The molecule has 0 radical (unpaired) electrons. The van der Waals surface area contributed by atoms with Crippen molar-refractivity contribution in [2.45, 2.75) is 58.7 Å². The highest BCUT2D eigenvalue weighted by atomic mass is 79.9. The zero-order valence-corrected chi connectivity index (χ0v) is 13.1. The van der Waals surface area contributed by atoms with Gasteiger partial charge < -0.3 is 0 Å². The largest absolute Gasteiger partial charge is 0.294 e. The summed E-state index contributed by atoms with van der Waals surface area (Å²) in [5.74, 6) is 0. The van der Waals surface area contributed by atoms with E-state index in [0.717, 1.165) is 36.7 Å². The highest BCUT2D eigenvalue weighted by Crippen LogP contribution is 2.25. The lowest BCUT2D eigenvalue weighted by Gasteiger charge is -2.28. The van der Waals surface area contributed by atoms with Crippen LogP contribution in [0.5, 0.6) is 0 Å². The van der Waals surface area contributed by atoms with Crippen LogP contribution in [0.15, 0.2) is 6.07 Å². The van der Waals surface area contributed by atoms with E-state index in [1.54, 1.807) is 0 Å². The van der Waals surface area contributed by atoms with Crippen molar-refractivity contribution in [1.29, 1.82) is 0 Å². The van der Waals surface area contributed by atoms with Gasteiger partial charge in [-0.05, 0) is 32.8 Å². The predicted molar refractivity (Wildman–Crippen MR) is 79.1 cm³/mol. The van der Waals surface area contributed by atoms with Gasteiger partial charge in [0.2, 0.25) is 0 Å². The van der Waals surface area contributed by atoms with E-state index >= 15 is 0 Å². The second-order valence-electron chi connectivity index (χ2n) is 5.19. The van der Waals surface area contributed by atoms with Crippen molar-refractivity contribution < 1.29 is 0 Å². The molecule has 0 aromatic carbocycles. The average molecular weight is 314 g/mol. The summed E-state index contributed by atoms with van der Waals surface area (Å²) in [5, 5.41) is 5.61. The molecule has 1 saturated carbocycles. The van der Waals surface area contributed by atoms with Gasteiger partial charge in [0.25, 0.3) is 0 Å². The van der Waals surface area contributed by atoms with Crippen molar-refractivity contribution in [3.8, 4) is 0 Å². The Morgan fingerprint density at radius 1 is 1.44 bits per heavy atom. The van der Waals surface area contributed by atoms with Crippen LogP contribution in [-0.2, 0) is 13.1 Å². The summed E-state index contributed by atoms with van der Waals surface area (Å²) >= 11 is 3.59. The van der Waals surface area contributed by atoms with Crippen LogP contribution in [0.3, 0.4) is 0 Å². The van der Waals surface area contributed by atoms with Crippen molar-refractivity contribution in [2.24, 2.45) is 0 Å². The molecule has 0 unspecified atom stereocenters. The molecule has 4 heteroatoms. The summed E-state index contributed by atoms with van der Waals surface area (Å²) in [6.07, 6.45) is 5.53. The Labute approximate surface area is 119 Å². The summed E-state index contributed by atoms with van der Waals surface area (Å²) in [6, 6.07) is 3.02. The van der Waals surface area contributed by atoms with Crippen molar-refractivity contribution >= 4 is 15.9 Å². The van der Waals surface area contributed by atoms with Crippen LogP contribution in [0, 0.1) is 6.92 Å². The number of alkyl halides is 1. The minimum Gasteiger partial charge on any atom is -0.294 e. The molecule has 1 aliphatic carbocycles. The zero-order chi connectivity index (χ0) is 13.0. The normalized spacial score (nSPS) is 16.9. The minimum absolute atomic E-state index is 0.781. The van der Waals surface area contributed by atoms with Crippen LogP contribution in [0.2, 0.25) is 0 Å². The fourth-order valence-corrected chi connectivity index (χ4v) is 3.43. The molecule has 1 aromatic rings. The quantitative estimate of drug-likeness (QED) is 0.751. The number of rotatable bonds is 6. The smallest absolute Gasteiger partial charge is 0.0597 e. The Hall–Kier alpha value is -0.350. The van der Waals surface area contributed by atoms with Crippen molar-refractivity contribution in [3.05, 3.63) is 17.5 Å². The van der Waals surface area contributed by atoms with Gasteiger partial charge in [0.05, 0.1) is 11.4 Å². The Morgan fingerprint density at radius 3 is 2.78 bits per heavy atom. The number of nitrogens with zero attached hydrogens (tertiary/aromatic N) is 3. The van der Waals surface area contributed by atoms with Crippen LogP contribution in [0.1, 0.15) is 44.0 Å². The first-order valence-corrected chi connectivity index (χ1v) is 8.20. The van der Waals surface area contributed by atoms with Gasteiger partial charge in [0.1, 0.15) is 0 Å². The SMILES string of the molecule is CCn1nc(C)cc1CN(CCBr)C1CCCC1. The molecule has 1 aliphatic rings. The van der Waals surface area contributed by atoms with E-state index in [4.69, 9.17) is 0 Å². The number of halogens is 1. The molecular weight excluding hydrogens is 290 g/mol. The maximum atomic E-state index is 4.55. The molecule has 1 fully saturated rings. The summed E-state index contributed by atoms with van der Waals surface area (Å²) in [5.41, 5.74) is 2.50. The van der Waals surface area contributed by atoms with Crippen molar-refractivity contribution in [2.75, 3.05) is 11.9 Å². The lowest BCUT2D eigenvalue weighted by Crippen LogP contribution is -2.35. The standard InChI is InChI=1S/C14H24BrN3/c1-3-18-14(10-12(2)16-18)11-17(9-8-15)13-6-4-5-7-13/h10,13H,3-9,11H2,1-2H3. The molecule has 1 aromatic heterocycles. The minimum atomic E-state index is 0.781. The first kappa shape index (κ1) is 14.1. The zero-order valence-electron chi connectivity index (χ0n) is 11.5. The highest BCUT2D eigenvalue weighted by Gasteiger charge is 2.23. The second-order valence-corrected chi connectivity index (χ2v) is 5.98. The molecule has 0 atom stereocenters. The molecule has 0 bridgehead atoms. The monoisotopic (exact) mass is 313 g/mol. The summed E-state index contributed by atoms with van der Waals surface area (Å²) in [7, 11) is 0. The van der Waals surface area contributed by atoms with Gasteiger partial charge in [-0.1, -0.05) is 28.8 Å². The van der Waals surface area contributed by atoms with Crippen LogP contribution in [0.4, 0.5) is 0 Å². The van der Waals surface area contributed by atoms with E-state index in [0.29, 0.717) is 0 Å². The maximum Gasteiger partial charge on any atom is 0.0597 e. The lowest BCUT2D eigenvalue weighted by molar-refractivity contribution is 0.197. The van der Waals surface area contributed by atoms with Crippen LogP contribution in [0.25, 0.3) is 0 Å². The van der Waals surface area contributed by atoms with E-state index in [2.05, 4.69) is 50.5 Å². The Bertz CT molecular complexity index is 369. The second kappa shape index (κ2) is 6.71. The number of hydrogen-bond acceptors (Lipinski definition) is 2. The first-order valence-electron chi connectivity index (χ1n) is 7.08.